The molecule has 40 heavy (non-hydrogen) atoms. The molecule has 1 N–H and O–H groups in total. The van der Waals surface area contributed by atoms with E-state index in [2.05, 4.69) is 11.6 Å². The van der Waals surface area contributed by atoms with Gasteiger partial charge in [-0.1, -0.05) is 6.07 Å². The molecule has 0 fully saturated rings. The quantitative estimate of drug-likeness (QED) is 0.194. The van der Waals surface area contributed by atoms with Gasteiger partial charge in [0.15, 0.2) is 11.5 Å². The summed E-state index contributed by atoms with van der Waals surface area (Å²) < 4.78 is 225. The third-order valence-electron chi connectivity index (χ3n) is 5.15. The second kappa shape index (κ2) is 10.7. The van der Waals surface area contributed by atoms with Crippen LogP contribution in [0.3, 0.4) is 0 Å². The average molecular weight is 644 g/mol. The molecule has 0 aliphatic carbocycles. The molecule has 0 aromatic heterocycles. The van der Waals surface area contributed by atoms with E-state index in [0.29, 0.717) is 0 Å². The molecule has 0 aliphatic rings. The van der Waals surface area contributed by atoms with Gasteiger partial charge < -0.3 is 14.8 Å². The zero-order chi connectivity index (χ0) is 32.0. The number of rotatable bonds is 13. The van der Waals surface area contributed by atoms with Gasteiger partial charge in [0.2, 0.25) is 0 Å². The van der Waals surface area contributed by atoms with E-state index in [1.54, 1.807) is 0 Å². The zero-order valence-electron chi connectivity index (χ0n) is 19.3. The van der Waals surface area contributed by atoms with Crippen molar-refractivity contribution in [2.75, 3.05) is 20.8 Å². The molecule has 0 unspecified atom stereocenters. The number of carbonyl (C=O) groups is 1. The smallest absolute Gasteiger partial charge is 0.393 e. The van der Waals surface area contributed by atoms with Crippen LogP contribution in [-0.4, -0.2) is 73.5 Å². The van der Waals surface area contributed by atoms with Crippen LogP contribution in [0.2, 0.25) is 0 Å². The fourth-order valence-electron chi connectivity index (χ4n) is 2.77. The number of ether oxygens (including phenoxy) is 2. The van der Waals surface area contributed by atoms with Crippen LogP contribution in [0.25, 0.3) is 0 Å². The first-order valence-corrected chi connectivity index (χ1v) is 10.2. The van der Waals surface area contributed by atoms with E-state index in [1.807, 2.05) is 0 Å². The van der Waals surface area contributed by atoms with Crippen molar-refractivity contribution in [3.63, 3.8) is 0 Å². The van der Waals surface area contributed by atoms with E-state index in [-0.39, 0.29) is 17.1 Å². The van der Waals surface area contributed by atoms with Gasteiger partial charge in [-0.3, -0.25) is 4.79 Å². The summed E-state index contributed by atoms with van der Waals surface area (Å²) >= 11 is 3.45. The summed E-state index contributed by atoms with van der Waals surface area (Å²) in [7, 11) is 2.35. The Morgan fingerprint density at radius 2 is 1.07 bits per heavy atom. The molecule has 1 amide bonds. The predicted octanol–water partition coefficient (Wildman–Crippen LogP) is 6.64. The Morgan fingerprint density at radius 1 is 0.675 bits per heavy atom. The first kappa shape index (κ1) is 35.5. The minimum Gasteiger partial charge on any atom is -0.493 e. The molecule has 4 nitrogen and oxygen atoms in total. The number of hydrogen-bond donors (Lipinski definition) is 1. The van der Waals surface area contributed by atoms with Crippen molar-refractivity contribution in [1.82, 2.24) is 5.32 Å². The molecule has 0 saturated carbocycles. The molecule has 1 rings (SSSR count). The molecule has 1 aromatic rings. The molecule has 1 aromatic carbocycles. The number of hydrogen-bond acceptors (Lipinski definition) is 3. The standard InChI is InChI=1S/C19H14ClF16NO3/c1-39-9-4-3-8(7-10(9)40-2)5-6-37-11(38)12(21,22)13(23,24)14(25,26)15(27,28)16(29,30)17(31,32)18(33,34)19(20,35)36/h3-4,7H,5-6H2,1-2H3,(H,37,38). The first-order chi connectivity index (χ1) is 17.6. The Labute approximate surface area is 217 Å². The van der Waals surface area contributed by atoms with Crippen molar-refractivity contribution < 1.29 is 84.5 Å². The third kappa shape index (κ3) is 5.26. The highest BCUT2D eigenvalue weighted by Crippen LogP contribution is 2.64. The Balaban J connectivity index is 3.32. The minimum absolute atomic E-state index is 0.0142. The number of nitrogens with one attached hydrogen (secondary N) is 1. The van der Waals surface area contributed by atoms with Crippen molar-refractivity contribution >= 4 is 17.5 Å². The Morgan fingerprint density at radius 3 is 1.48 bits per heavy atom. The summed E-state index contributed by atoms with van der Waals surface area (Å²) in [5.74, 6) is -60.4. The molecule has 0 heterocycles. The van der Waals surface area contributed by atoms with Gasteiger partial charge in [-0.15, -0.1) is 0 Å². The molecule has 0 bridgehead atoms. The van der Waals surface area contributed by atoms with Crippen molar-refractivity contribution in [1.29, 1.82) is 0 Å². The monoisotopic (exact) mass is 643 g/mol. The molecule has 0 radical (unpaired) electrons. The molecular formula is C19H14ClF16NO3. The molecule has 0 spiro atoms. The second-order valence-electron chi connectivity index (χ2n) is 7.71. The topological polar surface area (TPSA) is 47.6 Å². The highest BCUT2D eigenvalue weighted by atomic mass is 35.5. The van der Waals surface area contributed by atoms with Crippen molar-refractivity contribution in [3.8, 4) is 11.5 Å². The first-order valence-electron chi connectivity index (χ1n) is 9.84. The lowest BCUT2D eigenvalue weighted by Crippen LogP contribution is -2.75. The molecule has 232 valence electrons. The minimum atomic E-state index is -8.64. The van der Waals surface area contributed by atoms with Gasteiger partial charge in [0.05, 0.1) is 14.2 Å². The van der Waals surface area contributed by atoms with Crippen LogP contribution in [0.1, 0.15) is 5.56 Å². The molecule has 0 atom stereocenters. The summed E-state index contributed by atoms with van der Waals surface area (Å²) in [6.45, 7) is -1.15. The molecule has 21 heteroatoms. The number of methoxy groups -OCH3 is 2. The van der Waals surface area contributed by atoms with Crippen LogP contribution >= 0.6 is 11.6 Å². The van der Waals surface area contributed by atoms with Gasteiger partial charge in [0.25, 0.3) is 5.91 Å². The predicted molar refractivity (Wildman–Crippen MR) is 102 cm³/mol. The number of benzene rings is 1. The Kier molecular flexibility index (Phi) is 9.49. The number of amides is 1. The SMILES string of the molecule is COc1ccc(CCNC(=O)C(F)(F)C(F)(F)C(F)(F)C(F)(F)C(F)(F)C(F)(F)C(F)(F)C(F)(F)Cl)cc1OC. The normalized spacial score (nSPS) is 14.7. The Bertz CT molecular complexity index is 1070. The van der Waals surface area contributed by atoms with Crippen molar-refractivity contribution in [2.45, 2.75) is 53.3 Å². The van der Waals surface area contributed by atoms with Gasteiger partial charge in [0.1, 0.15) is 0 Å². The van der Waals surface area contributed by atoms with Gasteiger partial charge in [-0.2, -0.15) is 70.2 Å². The maximum atomic E-state index is 13.9. The highest BCUT2D eigenvalue weighted by molar-refractivity contribution is 6.22. The van der Waals surface area contributed by atoms with Gasteiger partial charge in [-0.25, -0.2) is 0 Å². The highest BCUT2D eigenvalue weighted by Gasteiger charge is 2.95. The van der Waals surface area contributed by atoms with Crippen LogP contribution < -0.4 is 14.8 Å². The molecular weight excluding hydrogens is 630 g/mol. The summed E-state index contributed by atoms with van der Waals surface area (Å²) in [5.41, 5.74) is 0.0729. The van der Waals surface area contributed by atoms with Gasteiger partial charge in [0, 0.05) is 6.54 Å². The van der Waals surface area contributed by atoms with Gasteiger partial charge in [-0.05, 0) is 35.7 Å². The van der Waals surface area contributed by atoms with E-state index in [9.17, 15) is 75.0 Å². The largest absolute Gasteiger partial charge is 0.493 e. The maximum Gasteiger partial charge on any atom is 0.393 e. The summed E-state index contributed by atoms with van der Waals surface area (Å²) in [4.78, 5) is 11.5. The van der Waals surface area contributed by atoms with Gasteiger partial charge >= 0.3 is 46.8 Å². The van der Waals surface area contributed by atoms with Crippen molar-refractivity contribution in [2.24, 2.45) is 0 Å². The summed E-state index contributed by atoms with van der Waals surface area (Å²) in [5, 5.41) is -5.98. The van der Waals surface area contributed by atoms with Crippen LogP contribution in [0, 0.1) is 0 Å². The maximum absolute atomic E-state index is 13.9. The zero-order valence-corrected chi connectivity index (χ0v) is 20.1. The molecule has 0 aliphatic heterocycles. The van der Waals surface area contributed by atoms with E-state index >= 15 is 0 Å². The van der Waals surface area contributed by atoms with E-state index in [4.69, 9.17) is 9.47 Å². The number of alkyl halides is 17. The third-order valence-corrected chi connectivity index (χ3v) is 5.39. The lowest BCUT2D eigenvalue weighted by atomic mass is 9.89. The van der Waals surface area contributed by atoms with E-state index in [1.165, 1.54) is 19.2 Å². The van der Waals surface area contributed by atoms with Crippen LogP contribution in [0.4, 0.5) is 70.2 Å². The Hall–Kier alpha value is -2.54. The lowest BCUT2D eigenvalue weighted by molar-refractivity contribution is -0.446. The van der Waals surface area contributed by atoms with E-state index < -0.39 is 65.7 Å². The number of halogens is 17. The van der Waals surface area contributed by atoms with Crippen molar-refractivity contribution in [3.05, 3.63) is 23.8 Å². The lowest BCUT2D eigenvalue weighted by Gasteiger charge is -2.42. The number of carbonyl (C=O) groups excluding carboxylic acids is 1. The second-order valence-corrected chi connectivity index (χ2v) is 8.19. The fraction of sp³-hybridized carbons (Fsp3) is 0.632. The summed E-state index contributed by atoms with van der Waals surface area (Å²) in [6, 6.07) is 3.56. The molecule has 0 saturated heterocycles. The van der Waals surface area contributed by atoms with E-state index in [0.717, 1.165) is 18.5 Å². The summed E-state index contributed by atoms with van der Waals surface area (Å²) in [6.07, 6.45) is -0.577. The van der Waals surface area contributed by atoms with Crippen LogP contribution in [0.15, 0.2) is 18.2 Å². The fourth-order valence-corrected chi connectivity index (χ4v) is 2.89. The van der Waals surface area contributed by atoms with Crippen LogP contribution in [0.5, 0.6) is 11.5 Å². The average Bonchev–Trinajstić information content (AvgIpc) is 2.82. The van der Waals surface area contributed by atoms with Crippen LogP contribution in [-0.2, 0) is 11.2 Å².